The second kappa shape index (κ2) is 6.16. The van der Waals surface area contributed by atoms with Crippen LogP contribution in [0, 0.1) is 5.92 Å². The van der Waals surface area contributed by atoms with Gasteiger partial charge in [0.25, 0.3) is 0 Å². The largest absolute Gasteiger partial charge is 0.369 e. The van der Waals surface area contributed by atoms with Crippen molar-refractivity contribution in [3.05, 3.63) is 12.2 Å². The van der Waals surface area contributed by atoms with Gasteiger partial charge >= 0.3 is 0 Å². The summed E-state index contributed by atoms with van der Waals surface area (Å²) in [5.74, 6) is -0.229. The quantitative estimate of drug-likeness (QED) is 0.635. The number of primary amides is 1. The van der Waals surface area contributed by atoms with Crippen molar-refractivity contribution in [3.63, 3.8) is 0 Å². The van der Waals surface area contributed by atoms with Crippen molar-refractivity contribution in [1.29, 1.82) is 0 Å². The third-order valence-electron chi connectivity index (χ3n) is 3.71. The van der Waals surface area contributed by atoms with Gasteiger partial charge < -0.3 is 16.4 Å². The van der Waals surface area contributed by atoms with Crippen LogP contribution < -0.4 is 11.5 Å². The summed E-state index contributed by atoms with van der Waals surface area (Å²) in [7, 11) is 0. The van der Waals surface area contributed by atoms with E-state index in [2.05, 4.69) is 0 Å². The lowest BCUT2D eigenvalue weighted by molar-refractivity contribution is -0.133. The maximum Gasteiger partial charge on any atom is 0.231 e. The van der Waals surface area contributed by atoms with Crippen molar-refractivity contribution >= 4 is 11.8 Å². The summed E-state index contributed by atoms with van der Waals surface area (Å²) in [6, 6.07) is 0.00675. The van der Waals surface area contributed by atoms with Crippen LogP contribution in [-0.4, -0.2) is 60.4 Å². The number of carbonyl (C=O) groups excluding carboxylic acids is 2. The fourth-order valence-electron chi connectivity index (χ4n) is 2.71. The van der Waals surface area contributed by atoms with E-state index < -0.39 is 0 Å². The molecule has 106 valence electrons. The highest BCUT2D eigenvalue weighted by atomic mass is 16.2. The molecule has 19 heavy (non-hydrogen) atoms. The number of amides is 2. The summed E-state index contributed by atoms with van der Waals surface area (Å²) in [5.41, 5.74) is 11.0. The van der Waals surface area contributed by atoms with Gasteiger partial charge in [0.2, 0.25) is 11.8 Å². The van der Waals surface area contributed by atoms with Gasteiger partial charge in [-0.25, -0.2) is 0 Å². The minimum Gasteiger partial charge on any atom is -0.369 e. The van der Waals surface area contributed by atoms with E-state index in [0.29, 0.717) is 19.5 Å². The monoisotopic (exact) mass is 266 g/mol. The Bertz CT molecular complexity index is 383. The Morgan fingerprint density at radius 3 is 2.58 bits per heavy atom. The second-order valence-electron chi connectivity index (χ2n) is 5.31. The molecule has 1 fully saturated rings. The van der Waals surface area contributed by atoms with Gasteiger partial charge in [-0.2, -0.15) is 0 Å². The molecule has 6 nitrogen and oxygen atoms in total. The molecule has 1 aliphatic heterocycles. The average molecular weight is 266 g/mol. The normalized spacial score (nSPS) is 28.4. The molecule has 0 bridgehead atoms. The smallest absolute Gasteiger partial charge is 0.231 e. The molecule has 0 aromatic rings. The van der Waals surface area contributed by atoms with Gasteiger partial charge in [0.15, 0.2) is 0 Å². The summed E-state index contributed by atoms with van der Waals surface area (Å²) >= 11 is 0. The van der Waals surface area contributed by atoms with E-state index in [1.807, 2.05) is 22.0 Å². The zero-order valence-corrected chi connectivity index (χ0v) is 11.1. The second-order valence-corrected chi connectivity index (χ2v) is 5.31. The van der Waals surface area contributed by atoms with Gasteiger partial charge in [-0.15, -0.1) is 0 Å². The Balaban J connectivity index is 1.87. The zero-order chi connectivity index (χ0) is 13.8. The number of rotatable bonds is 3. The molecule has 0 aromatic carbocycles. The Morgan fingerprint density at radius 2 is 1.95 bits per heavy atom. The molecular formula is C13H22N4O2. The van der Waals surface area contributed by atoms with Crippen molar-refractivity contribution in [3.8, 4) is 0 Å². The topological polar surface area (TPSA) is 92.7 Å². The Labute approximate surface area is 113 Å². The van der Waals surface area contributed by atoms with E-state index in [1.54, 1.807) is 0 Å². The first-order valence-electron chi connectivity index (χ1n) is 6.79. The molecule has 2 unspecified atom stereocenters. The van der Waals surface area contributed by atoms with Crippen LogP contribution in [0.5, 0.6) is 0 Å². The summed E-state index contributed by atoms with van der Waals surface area (Å²) in [6.45, 7) is 3.19. The highest BCUT2D eigenvalue weighted by Crippen LogP contribution is 2.19. The average Bonchev–Trinajstić information content (AvgIpc) is 2.65. The fourth-order valence-corrected chi connectivity index (χ4v) is 2.71. The highest BCUT2D eigenvalue weighted by molar-refractivity contribution is 5.81. The first kappa shape index (κ1) is 14.0. The zero-order valence-electron chi connectivity index (χ0n) is 11.1. The highest BCUT2D eigenvalue weighted by Gasteiger charge is 2.28. The molecule has 1 heterocycles. The molecule has 2 amide bonds. The maximum atomic E-state index is 12.3. The molecule has 0 spiro atoms. The van der Waals surface area contributed by atoms with Crippen LogP contribution in [0.25, 0.3) is 0 Å². The van der Waals surface area contributed by atoms with Gasteiger partial charge in [-0.3, -0.25) is 14.5 Å². The molecule has 1 saturated heterocycles. The van der Waals surface area contributed by atoms with E-state index in [0.717, 1.165) is 19.5 Å². The van der Waals surface area contributed by atoms with E-state index in [9.17, 15) is 9.59 Å². The van der Waals surface area contributed by atoms with Crippen LogP contribution in [0.3, 0.4) is 0 Å². The van der Waals surface area contributed by atoms with E-state index in [1.165, 1.54) is 0 Å². The fraction of sp³-hybridized carbons (Fsp3) is 0.692. The number of hydrogen-bond acceptors (Lipinski definition) is 4. The molecule has 0 saturated carbocycles. The summed E-state index contributed by atoms with van der Waals surface area (Å²) in [5, 5.41) is 0. The molecule has 0 aromatic heterocycles. The molecule has 1 aliphatic carbocycles. The third-order valence-corrected chi connectivity index (χ3v) is 3.71. The van der Waals surface area contributed by atoms with Gasteiger partial charge in [-0.1, -0.05) is 12.2 Å². The van der Waals surface area contributed by atoms with Crippen LogP contribution in [0.1, 0.15) is 12.8 Å². The van der Waals surface area contributed by atoms with Gasteiger partial charge in [0, 0.05) is 32.2 Å². The minimum atomic E-state index is -0.315. The van der Waals surface area contributed by atoms with Crippen molar-refractivity contribution in [2.75, 3.05) is 32.7 Å². The Kier molecular flexibility index (Phi) is 4.55. The van der Waals surface area contributed by atoms with Crippen LogP contribution in [0.15, 0.2) is 12.2 Å². The van der Waals surface area contributed by atoms with Crippen LogP contribution >= 0.6 is 0 Å². The summed E-state index contributed by atoms with van der Waals surface area (Å²) < 4.78 is 0. The predicted octanol–water partition coefficient (Wildman–Crippen LogP) is -1.09. The molecule has 2 atom stereocenters. The number of carbonyl (C=O) groups is 2. The number of hydrogen-bond donors (Lipinski definition) is 2. The first-order valence-corrected chi connectivity index (χ1v) is 6.79. The van der Waals surface area contributed by atoms with Crippen molar-refractivity contribution in [2.24, 2.45) is 17.4 Å². The Morgan fingerprint density at radius 1 is 1.16 bits per heavy atom. The molecule has 0 radical (unpaired) electrons. The summed E-state index contributed by atoms with van der Waals surface area (Å²) in [4.78, 5) is 27.1. The molecule has 6 heteroatoms. The molecular weight excluding hydrogens is 244 g/mol. The number of nitrogens with two attached hydrogens (primary N) is 2. The minimum absolute atomic E-state index is 0.00675. The lowest BCUT2D eigenvalue weighted by Crippen LogP contribution is -2.40. The van der Waals surface area contributed by atoms with Gasteiger partial charge in [0.05, 0.1) is 12.5 Å². The van der Waals surface area contributed by atoms with E-state index >= 15 is 0 Å². The number of nitrogens with zero attached hydrogens (tertiary/aromatic N) is 2. The maximum absolute atomic E-state index is 12.3. The third kappa shape index (κ3) is 3.78. The molecule has 2 aliphatic rings. The van der Waals surface area contributed by atoms with Crippen molar-refractivity contribution < 1.29 is 9.59 Å². The van der Waals surface area contributed by atoms with Crippen LogP contribution in [0.2, 0.25) is 0 Å². The lowest BCUT2D eigenvalue weighted by atomic mass is 10.1. The summed E-state index contributed by atoms with van der Waals surface area (Å²) in [6.07, 6.45) is 5.40. The van der Waals surface area contributed by atoms with Crippen LogP contribution in [0.4, 0.5) is 0 Å². The molecule has 2 rings (SSSR count). The standard InChI is InChI=1S/C13H22N4O2/c14-11-3-2-10(8-11)13(19)17-5-1-4-16(6-7-17)9-12(15)18/h2-3,10-11H,1,4-9,14H2,(H2,15,18). The van der Waals surface area contributed by atoms with E-state index in [4.69, 9.17) is 11.5 Å². The van der Waals surface area contributed by atoms with Crippen molar-refractivity contribution in [2.45, 2.75) is 18.9 Å². The SMILES string of the molecule is NC(=O)CN1CCCN(C(=O)C2C=CC(N)C2)CC1. The predicted molar refractivity (Wildman–Crippen MR) is 72.1 cm³/mol. The van der Waals surface area contributed by atoms with Gasteiger partial charge in [0.1, 0.15) is 0 Å². The molecule has 4 N–H and O–H groups in total. The van der Waals surface area contributed by atoms with Crippen molar-refractivity contribution in [1.82, 2.24) is 9.80 Å². The first-order chi connectivity index (χ1) is 9.06. The lowest BCUT2D eigenvalue weighted by Gasteiger charge is -2.24. The Hall–Kier alpha value is -1.40. The van der Waals surface area contributed by atoms with E-state index in [-0.39, 0.29) is 30.3 Å². The van der Waals surface area contributed by atoms with Crippen LogP contribution in [-0.2, 0) is 9.59 Å². The van der Waals surface area contributed by atoms with Gasteiger partial charge in [-0.05, 0) is 12.8 Å².